The first kappa shape index (κ1) is 18.5. The van der Waals surface area contributed by atoms with Crippen LogP contribution in [0.25, 0.3) is 0 Å². The topological polar surface area (TPSA) is 77.1 Å². The van der Waals surface area contributed by atoms with E-state index in [1.54, 1.807) is 13.2 Å². The molecular weight excluding hydrogens is 356 g/mol. The molecule has 0 aromatic heterocycles. The van der Waals surface area contributed by atoms with Crippen molar-refractivity contribution in [2.75, 3.05) is 34.5 Å². The molecule has 26 heavy (non-hydrogen) atoms. The highest BCUT2D eigenvalue weighted by atomic mass is 32.2. The van der Waals surface area contributed by atoms with E-state index in [4.69, 9.17) is 14.2 Å². The number of benzene rings is 2. The summed E-state index contributed by atoms with van der Waals surface area (Å²) >= 11 is 0. The molecule has 2 aromatic rings. The lowest BCUT2D eigenvalue weighted by Gasteiger charge is -2.25. The van der Waals surface area contributed by atoms with Crippen molar-refractivity contribution >= 4 is 10.0 Å². The Morgan fingerprint density at radius 1 is 1.12 bits per heavy atom. The number of ether oxygens (including phenoxy) is 3. The molecule has 0 fully saturated rings. The van der Waals surface area contributed by atoms with Gasteiger partial charge in [-0.15, -0.1) is 0 Å². The summed E-state index contributed by atoms with van der Waals surface area (Å²) < 4.78 is 43.6. The minimum Gasteiger partial charge on any atom is -0.497 e. The van der Waals surface area contributed by atoms with Gasteiger partial charge in [-0.2, -0.15) is 0 Å². The van der Waals surface area contributed by atoms with Crippen LogP contribution in [0.5, 0.6) is 17.2 Å². The Hall–Kier alpha value is -2.29. The van der Waals surface area contributed by atoms with Crippen LogP contribution in [-0.4, -0.2) is 47.9 Å². The Morgan fingerprint density at radius 2 is 1.81 bits per heavy atom. The Kier molecular flexibility index (Phi) is 5.36. The highest BCUT2D eigenvalue weighted by molar-refractivity contribution is 7.89. The van der Waals surface area contributed by atoms with Gasteiger partial charge in [-0.05, 0) is 43.9 Å². The number of hydrogen-bond donors (Lipinski definition) is 1. The van der Waals surface area contributed by atoms with Crippen molar-refractivity contribution in [3.8, 4) is 17.2 Å². The van der Waals surface area contributed by atoms with Crippen LogP contribution in [0, 0.1) is 0 Å². The number of nitrogens with one attached hydrogen (secondary N) is 1. The van der Waals surface area contributed by atoms with Crippen molar-refractivity contribution in [3.63, 3.8) is 0 Å². The van der Waals surface area contributed by atoms with E-state index in [0.717, 1.165) is 11.3 Å². The van der Waals surface area contributed by atoms with E-state index in [9.17, 15) is 8.42 Å². The fourth-order valence-electron chi connectivity index (χ4n) is 2.74. The third-order valence-corrected chi connectivity index (χ3v) is 5.67. The van der Waals surface area contributed by atoms with Crippen LogP contribution < -0.4 is 18.9 Å². The number of likely N-dealkylation sites (N-methyl/N-ethyl adjacent to an activating group) is 1. The van der Waals surface area contributed by atoms with Crippen molar-refractivity contribution in [2.24, 2.45) is 0 Å². The normalized spacial score (nSPS) is 14.5. The zero-order chi connectivity index (χ0) is 18.7. The fourth-order valence-corrected chi connectivity index (χ4v) is 3.79. The fraction of sp³-hybridized carbons (Fsp3) is 0.333. The summed E-state index contributed by atoms with van der Waals surface area (Å²) in [7, 11) is 1.75. The molecule has 7 nitrogen and oxygen atoms in total. The van der Waals surface area contributed by atoms with Crippen molar-refractivity contribution in [1.82, 2.24) is 9.62 Å². The van der Waals surface area contributed by atoms with Gasteiger partial charge in [-0.25, -0.2) is 13.1 Å². The first-order chi connectivity index (χ1) is 12.4. The standard InChI is InChI=1S/C18H22N2O5S/c1-20(2)16(13-4-6-14(23-3)7-5-13)11-19-26(21,22)15-8-9-17-18(10-15)25-12-24-17/h4-10,16,19H,11-12H2,1-3H3/t16-/m1/s1. The molecule has 1 aliphatic rings. The van der Waals surface area contributed by atoms with Crippen LogP contribution in [-0.2, 0) is 10.0 Å². The second kappa shape index (κ2) is 7.53. The molecule has 0 aliphatic carbocycles. The van der Waals surface area contributed by atoms with Gasteiger partial charge in [0.25, 0.3) is 0 Å². The third kappa shape index (κ3) is 3.92. The number of methoxy groups -OCH3 is 1. The lowest BCUT2D eigenvalue weighted by atomic mass is 10.1. The average molecular weight is 378 g/mol. The molecule has 8 heteroatoms. The van der Waals surface area contributed by atoms with Gasteiger partial charge in [0.2, 0.25) is 16.8 Å². The summed E-state index contributed by atoms with van der Waals surface area (Å²) in [6.45, 7) is 0.336. The van der Waals surface area contributed by atoms with Crippen LogP contribution in [0.3, 0.4) is 0 Å². The van der Waals surface area contributed by atoms with E-state index in [1.165, 1.54) is 12.1 Å². The monoisotopic (exact) mass is 378 g/mol. The maximum absolute atomic E-state index is 12.6. The van der Waals surface area contributed by atoms with Crippen LogP contribution in [0.4, 0.5) is 0 Å². The van der Waals surface area contributed by atoms with Gasteiger partial charge in [-0.1, -0.05) is 12.1 Å². The molecular formula is C18H22N2O5S. The highest BCUT2D eigenvalue weighted by Crippen LogP contribution is 2.33. The Morgan fingerprint density at radius 3 is 2.46 bits per heavy atom. The zero-order valence-corrected chi connectivity index (χ0v) is 15.7. The quantitative estimate of drug-likeness (QED) is 0.794. The van der Waals surface area contributed by atoms with Crippen molar-refractivity contribution in [3.05, 3.63) is 48.0 Å². The summed E-state index contributed by atoms with van der Waals surface area (Å²) in [6.07, 6.45) is 0. The average Bonchev–Trinajstić information content (AvgIpc) is 3.10. The summed E-state index contributed by atoms with van der Waals surface area (Å²) in [5.74, 6) is 1.74. The lowest BCUT2D eigenvalue weighted by molar-refractivity contribution is 0.174. The van der Waals surface area contributed by atoms with E-state index >= 15 is 0 Å². The minimum absolute atomic E-state index is 0.104. The van der Waals surface area contributed by atoms with E-state index in [0.29, 0.717) is 11.5 Å². The summed E-state index contributed by atoms with van der Waals surface area (Å²) in [6, 6.07) is 12.0. The predicted molar refractivity (Wildman–Crippen MR) is 97.2 cm³/mol. The van der Waals surface area contributed by atoms with Gasteiger partial charge in [0.05, 0.1) is 12.0 Å². The number of fused-ring (bicyclic) bond motifs is 1. The molecule has 0 saturated carbocycles. The Labute approximate surface area is 153 Å². The number of nitrogens with zero attached hydrogens (tertiary/aromatic N) is 1. The van der Waals surface area contributed by atoms with Gasteiger partial charge < -0.3 is 19.1 Å². The summed E-state index contributed by atoms with van der Waals surface area (Å²) in [5.41, 5.74) is 0.990. The predicted octanol–water partition coefficient (Wildman–Crippen LogP) is 2.01. The van der Waals surface area contributed by atoms with Crippen molar-refractivity contribution < 1.29 is 22.6 Å². The van der Waals surface area contributed by atoms with Gasteiger partial charge in [0, 0.05) is 18.7 Å². The SMILES string of the molecule is COc1ccc([C@@H](CNS(=O)(=O)c2ccc3c(c2)OCO3)N(C)C)cc1. The molecule has 0 amide bonds. The molecule has 2 aromatic carbocycles. The van der Waals surface area contributed by atoms with Gasteiger partial charge in [-0.3, -0.25) is 0 Å². The molecule has 0 saturated heterocycles. The number of hydrogen-bond acceptors (Lipinski definition) is 6. The Bertz CT molecular complexity index is 866. The smallest absolute Gasteiger partial charge is 0.240 e. The molecule has 1 aliphatic heterocycles. The molecule has 0 spiro atoms. The minimum atomic E-state index is -3.67. The molecule has 140 valence electrons. The number of sulfonamides is 1. The lowest BCUT2D eigenvalue weighted by Crippen LogP contribution is -2.34. The highest BCUT2D eigenvalue weighted by Gasteiger charge is 2.22. The van der Waals surface area contributed by atoms with Crippen LogP contribution >= 0.6 is 0 Å². The molecule has 1 N–H and O–H groups in total. The molecule has 0 bridgehead atoms. The van der Waals surface area contributed by atoms with Gasteiger partial charge in [0.15, 0.2) is 11.5 Å². The largest absolute Gasteiger partial charge is 0.497 e. The maximum Gasteiger partial charge on any atom is 0.240 e. The third-order valence-electron chi connectivity index (χ3n) is 4.24. The van der Waals surface area contributed by atoms with Gasteiger partial charge >= 0.3 is 0 Å². The van der Waals surface area contributed by atoms with Crippen molar-refractivity contribution in [1.29, 1.82) is 0 Å². The molecule has 1 heterocycles. The van der Waals surface area contributed by atoms with E-state index in [1.807, 2.05) is 43.3 Å². The molecule has 0 unspecified atom stereocenters. The van der Waals surface area contributed by atoms with Crippen LogP contribution in [0.15, 0.2) is 47.4 Å². The summed E-state index contributed by atoms with van der Waals surface area (Å²) in [4.78, 5) is 2.11. The van der Waals surface area contributed by atoms with Gasteiger partial charge in [0.1, 0.15) is 5.75 Å². The molecule has 1 atom stereocenters. The number of rotatable bonds is 7. The summed E-state index contributed by atoms with van der Waals surface area (Å²) in [5, 5.41) is 0. The maximum atomic E-state index is 12.6. The first-order valence-electron chi connectivity index (χ1n) is 8.10. The zero-order valence-electron chi connectivity index (χ0n) is 14.9. The molecule has 0 radical (unpaired) electrons. The second-order valence-electron chi connectivity index (χ2n) is 6.12. The van der Waals surface area contributed by atoms with E-state index < -0.39 is 10.0 Å². The molecule has 3 rings (SSSR count). The Balaban J connectivity index is 1.75. The van der Waals surface area contributed by atoms with Crippen LogP contribution in [0.2, 0.25) is 0 Å². The second-order valence-corrected chi connectivity index (χ2v) is 7.89. The first-order valence-corrected chi connectivity index (χ1v) is 9.59. The van der Waals surface area contributed by atoms with E-state index in [-0.39, 0.29) is 24.3 Å². The van der Waals surface area contributed by atoms with E-state index in [2.05, 4.69) is 4.72 Å². The van der Waals surface area contributed by atoms with Crippen LogP contribution in [0.1, 0.15) is 11.6 Å². The van der Waals surface area contributed by atoms with Crippen molar-refractivity contribution in [2.45, 2.75) is 10.9 Å².